The Hall–Kier alpha value is -2.60. The Morgan fingerprint density at radius 1 is 1.15 bits per heavy atom. The lowest BCUT2D eigenvalue weighted by Gasteiger charge is -2.25. The van der Waals surface area contributed by atoms with Crippen molar-refractivity contribution in [2.75, 3.05) is 13.3 Å². The molecule has 134 valence electrons. The second-order valence-corrected chi connectivity index (χ2v) is 7.17. The van der Waals surface area contributed by atoms with Gasteiger partial charge in [0.2, 0.25) is 12.6 Å². The highest BCUT2D eigenvalue weighted by atomic mass is 16.7. The first-order valence-corrected chi connectivity index (χ1v) is 9.13. The molecule has 1 aromatic carbocycles. The van der Waals surface area contributed by atoms with Crippen LogP contribution in [0.25, 0.3) is 5.78 Å². The molecule has 2 aromatic heterocycles. The fourth-order valence-electron chi connectivity index (χ4n) is 4.23. The summed E-state index contributed by atoms with van der Waals surface area (Å²) in [5.41, 5.74) is 4.68. The third-order valence-electron chi connectivity index (χ3n) is 5.37. The van der Waals surface area contributed by atoms with E-state index in [0.717, 1.165) is 42.5 Å². The highest BCUT2D eigenvalue weighted by Crippen LogP contribution is 2.39. The van der Waals surface area contributed by atoms with Crippen molar-refractivity contribution in [1.82, 2.24) is 19.3 Å². The molecule has 4 heterocycles. The maximum atomic E-state index is 5.56. The molecular weight excluding hydrogens is 328 g/mol. The Kier molecular flexibility index (Phi) is 3.60. The van der Waals surface area contributed by atoms with E-state index in [1.54, 1.807) is 0 Å². The minimum Gasteiger partial charge on any atom is -0.454 e. The number of rotatable bonds is 3. The van der Waals surface area contributed by atoms with Gasteiger partial charge in [0, 0.05) is 24.0 Å². The van der Waals surface area contributed by atoms with Crippen LogP contribution < -0.4 is 9.47 Å². The van der Waals surface area contributed by atoms with E-state index in [0.29, 0.717) is 12.8 Å². The average Bonchev–Trinajstić information content (AvgIpc) is 3.34. The van der Waals surface area contributed by atoms with Gasteiger partial charge in [0.15, 0.2) is 11.5 Å². The summed E-state index contributed by atoms with van der Waals surface area (Å²) in [6.07, 6.45) is 4.32. The molecule has 2 aliphatic heterocycles. The molecule has 26 heavy (non-hydrogen) atoms. The summed E-state index contributed by atoms with van der Waals surface area (Å²) in [6, 6.07) is 8.84. The van der Waals surface area contributed by atoms with Gasteiger partial charge in [-0.15, -0.1) is 0 Å². The van der Waals surface area contributed by atoms with Crippen molar-refractivity contribution in [1.29, 1.82) is 0 Å². The van der Waals surface area contributed by atoms with E-state index in [9.17, 15) is 0 Å². The summed E-state index contributed by atoms with van der Waals surface area (Å²) in [6.45, 7) is 6.40. The number of aryl methyl sites for hydroxylation is 2. The molecule has 0 radical (unpaired) electrons. The van der Waals surface area contributed by atoms with Crippen LogP contribution >= 0.6 is 0 Å². The first-order chi connectivity index (χ1) is 12.7. The van der Waals surface area contributed by atoms with E-state index in [1.165, 1.54) is 23.4 Å². The van der Waals surface area contributed by atoms with Gasteiger partial charge in [0.1, 0.15) is 0 Å². The third-order valence-corrected chi connectivity index (χ3v) is 5.37. The summed E-state index contributed by atoms with van der Waals surface area (Å²) in [7, 11) is 0. The van der Waals surface area contributed by atoms with Crippen molar-refractivity contribution in [3.8, 4) is 11.5 Å². The number of likely N-dealkylation sites (tertiary alicyclic amines) is 1. The second kappa shape index (κ2) is 5.99. The van der Waals surface area contributed by atoms with Crippen LogP contribution in [-0.4, -0.2) is 32.6 Å². The monoisotopic (exact) mass is 350 g/mol. The van der Waals surface area contributed by atoms with Crippen LogP contribution in [0.15, 0.2) is 30.5 Å². The van der Waals surface area contributed by atoms with Gasteiger partial charge in [0.25, 0.3) is 0 Å². The zero-order valence-electron chi connectivity index (χ0n) is 15.1. The van der Waals surface area contributed by atoms with Gasteiger partial charge in [-0.25, -0.2) is 9.97 Å². The van der Waals surface area contributed by atoms with Crippen molar-refractivity contribution >= 4 is 5.78 Å². The second-order valence-electron chi connectivity index (χ2n) is 7.17. The molecule has 1 saturated heterocycles. The maximum absolute atomic E-state index is 5.56. The van der Waals surface area contributed by atoms with Gasteiger partial charge >= 0.3 is 0 Å². The van der Waals surface area contributed by atoms with Crippen LogP contribution in [-0.2, 0) is 6.54 Å². The van der Waals surface area contributed by atoms with Crippen LogP contribution in [0.4, 0.5) is 0 Å². The Morgan fingerprint density at radius 2 is 2.04 bits per heavy atom. The fourth-order valence-corrected chi connectivity index (χ4v) is 4.23. The molecule has 0 amide bonds. The third kappa shape index (κ3) is 2.52. The molecule has 5 rings (SSSR count). The van der Waals surface area contributed by atoms with Gasteiger partial charge < -0.3 is 9.47 Å². The topological polar surface area (TPSA) is 51.9 Å². The van der Waals surface area contributed by atoms with Crippen LogP contribution in [0.5, 0.6) is 11.5 Å². The minimum absolute atomic E-state index is 0.320. The van der Waals surface area contributed by atoms with Gasteiger partial charge in [0.05, 0.1) is 11.9 Å². The summed E-state index contributed by atoms with van der Waals surface area (Å²) in [5, 5.41) is 0. The summed E-state index contributed by atoms with van der Waals surface area (Å²) < 4.78 is 13.2. The lowest BCUT2D eigenvalue weighted by atomic mass is 10.0. The fraction of sp³-hybridized carbons (Fsp3) is 0.400. The zero-order chi connectivity index (χ0) is 17.7. The summed E-state index contributed by atoms with van der Waals surface area (Å²) >= 11 is 0. The van der Waals surface area contributed by atoms with E-state index < -0.39 is 0 Å². The predicted octanol–water partition coefficient (Wildman–Crippen LogP) is 3.41. The van der Waals surface area contributed by atoms with Crippen molar-refractivity contribution in [2.45, 2.75) is 39.3 Å². The van der Waals surface area contributed by atoms with Crippen molar-refractivity contribution in [3.63, 3.8) is 0 Å². The Labute approximate surface area is 152 Å². The Balaban J connectivity index is 1.45. The number of ether oxygens (including phenoxy) is 2. The predicted molar refractivity (Wildman–Crippen MR) is 97.4 cm³/mol. The van der Waals surface area contributed by atoms with Crippen LogP contribution in [0.2, 0.25) is 0 Å². The highest BCUT2D eigenvalue weighted by Gasteiger charge is 2.28. The molecule has 1 atom stereocenters. The van der Waals surface area contributed by atoms with Crippen molar-refractivity contribution in [2.24, 2.45) is 0 Å². The smallest absolute Gasteiger partial charge is 0.234 e. The molecule has 0 bridgehead atoms. The summed E-state index contributed by atoms with van der Waals surface area (Å²) in [4.78, 5) is 11.6. The summed E-state index contributed by atoms with van der Waals surface area (Å²) in [5.74, 6) is 2.49. The molecule has 1 unspecified atom stereocenters. The highest BCUT2D eigenvalue weighted by molar-refractivity contribution is 5.45. The Morgan fingerprint density at radius 3 is 2.96 bits per heavy atom. The minimum atomic E-state index is 0.320. The standard InChI is InChI=1S/C20H22N4O2/c1-13-8-14(2)24-16(10-21-20(24)22-13)11-23-7-3-4-17(23)15-5-6-18-19(9-15)26-12-25-18/h5-6,8-10,17H,3-4,7,11-12H2,1-2H3. The van der Waals surface area contributed by atoms with E-state index >= 15 is 0 Å². The molecule has 1 fully saturated rings. The van der Waals surface area contributed by atoms with Gasteiger partial charge in [-0.05, 0) is 57.0 Å². The largest absolute Gasteiger partial charge is 0.454 e. The number of nitrogens with zero attached hydrogens (tertiary/aromatic N) is 4. The molecule has 2 aliphatic rings. The normalized spacial score (nSPS) is 19.5. The van der Waals surface area contributed by atoms with E-state index in [1.807, 2.05) is 19.2 Å². The van der Waals surface area contributed by atoms with E-state index in [4.69, 9.17) is 9.47 Å². The lowest BCUT2D eigenvalue weighted by Crippen LogP contribution is -2.23. The molecule has 0 aliphatic carbocycles. The number of hydrogen-bond donors (Lipinski definition) is 0. The Bertz CT molecular complexity index is 981. The average molecular weight is 350 g/mol. The van der Waals surface area contributed by atoms with Gasteiger partial charge in [-0.1, -0.05) is 6.07 Å². The van der Waals surface area contributed by atoms with Crippen molar-refractivity contribution in [3.05, 3.63) is 53.1 Å². The first-order valence-electron chi connectivity index (χ1n) is 9.13. The van der Waals surface area contributed by atoms with Gasteiger partial charge in [-0.2, -0.15) is 0 Å². The SMILES string of the molecule is Cc1cc(C)n2c(CN3CCCC3c3ccc4c(c3)OCO4)cnc2n1. The number of fused-ring (bicyclic) bond motifs is 2. The molecular formula is C20H22N4O2. The molecule has 0 saturated carbocycles. The number of imidazole rings is 1. The van der Waals surface area contributed by atoms with E-state index in [-0.39, 0.29) is 0 Å². The molecule has 3 aromatic rings. The van der Waals surface area contributed by atoms with Crippen LogP contribution in [0.3, 0.4) is 0 Å². The quantitative estimate of drug-likeness (QED) is 0.724. The first kappa shape index (κ1) is 15.6. The van der Waals surface area contributed by atoms with E-state index in [2.05, 4.69) is 44.4 Å². The molecule has 0 N–H and O–H groups in total. The molecule has 0 spiro atoms. The van der Waals surface area contributed by atoms with Crippen LogP contribution in [0, 0.1) is 13.8 Å². The molecule has 6 heteroatoms. The number of aromatic nitrogens is 3. The number of benzene rings is 1. The van der Waals surface area contributed by atoms with Crippen LogP contribution in [0.1, 0.15) is 41.5 Å². The lowest BCUT2D eigenvalue weighted by molar-refractivity contribution is 0.173. The van der Waals surface area contributed by atoms with Crippen molar-refractivity contribution < 1.29 is 9.47 Å². The zero-order valence-corrected chi connectivity index (χ0v) is 15.1. The maximum Gasteiger partial charge on any atom is 0.234 e. The number of hydrogen-bond acceptors (Lipinski definition) is 5. The molecule has 6 nitrogen and oxygen atoms in total. The van der Waals surface area contributed by atoms with Gasteiger partial charge in [-0.3, -0.25) is 9.30 Å².